The molecule has 0 aliphatic rings. The summed E-state index contributed by atoms with van der Waals surface area (Å²) >= 11 is 0. The lowest BCUT2D eigenvalue weighted by molar-refractivity contribution is -0.990. The van der Waals surface area contributed by atoms with Gasteiger partial charge in [0.2, 0.25) is 5.91 Å². The molecule has 5 heteroatoms. The summed E-state index contributed by atoms with van der Waals surface area (Å²) in [7, 11) is 0. The van der Waals surface area contributed by atoms with Crippen molar-refractivity contribution in [2.24, 2.45) is 0 Å². The Morgan fingerprint density at radius 1 is 1.24 bits per heavy atom. The van der Waals surface area contributed by atoms with Crippen LogP contribution in [0, 0.1) is 5.21 Å². The Hall–Kier alpha value is -1.95. The van der Waals surface area contributed by atoms with E-state index in [1.54, 1.807) is 36.4 Å². The first-order chi connectivity index (χ1) is 8.09. The van der Waals surface area contributed by atoms with Crippen LogP contribution in [0.1, 0.15) is 6.92 Å². The Bertz CT molecular complexity index is 567. The van der Waals surface area contributed by atoms with E-state index < -0.39 is 5.23 Å². The van der Waals surface area contributed by atoms with E-state index in [4.69, 9.17) is 5.21 Å². The number of carbonyl (C=O) groups is 1. The largest absolute Gasteiger partial charge is 0.595 e. The second kappa shape index (κ2) is 4.50. The van der Waals surface area contributed by atoms with E-state index in [-0.39, 0.29) is 11.6 Å². The van der Waals surface area contributed by atoms with Gasteiger partial charge in [-0.15, -0.1) is 0 Å². The molecular weight excluding hydrogens is 220 g/mol. The van der Waals surface area contributed by atoms with Crippen LogP contribution in [0.25, 0.3) is 10.8 Å². The van der Waals surface area contributed by atoms with Gasteiger partial charge >= 0.3 is 0 Å². The van der Waals surface area contributed by atoms with Crippen molar-refractivity contribution in [2.75, 3.05) is 5.32 Å². The molecule has 0 radical (unpaired) electrons. The first-order valence-corrected chi connectivity index (χ1v) is 5.12. The molecule has 0 heterocycles. The Morgan fingerprint density at radius 2 is 1.88 bits per heavy atom. The highest BCUT2D eigenvalue weighted by Gasteiger charge is 2.09. The molecule has 1 amide bonds. The van der Waals surface area contributed by atoms with Crippen molar-refractivity contribution >= 4 is 28.1 Å². The lowest BCUT2D eigenvalue weighted by Gasteiger charge is -2.15. The maximum Gasteiger partial charge on any atom is 0.221 e. The fraction of sp³-hybridized carbons (Fsp3) is 0.0833. The van der Waals surface area contributed by atoms with Crippen molar-refractivity contribution in [3.63, 3.8) is 0 Å². The molecule has 0 aliphatic carbocycles. The van der Waals surface area contributed by atoms with Crippen molar-refractivity contribution in [1.82, 2.24) is 0 Å². The first kappa shape index (κ1) is 11.5. The number of fused-ring (bicyclic) bond motifs is 1. The summed E-state index contributed by atoms with van der Waals surface area (Å²) in [5.41, 5.74) is 0.854. The van der Waals surface area contributed by atoms with Gasteiger partial charge in [-0.3, -0.25) is 4.79 Å². The minimum atomic E-state index is -0.976. The molecule has 0 spiro atoms. The van der Waals surface area contributed by atoms with Crippen LogP contribution < -0.4 is 10.5 Å². The van der Waals surface area contributed by atoms with Crippen molar-refractivity contribution in [1.29, 1.82) is 0 Å². The Kier molecular flexibility index (Phi) is 3.06. The van der Waals surface area contributed by atoms with Crippen molar-refractivity contribution in [2.45, 2.75) is 6.92 Å². The lowest BCUT2D eigenvalue weighted by Crippen LogP contribution is -2.99. The van der Waals surface area contributed by atoms with Gasteiger partial charge in [0.05, 0.1) is 0 Å². The van der Waals surface area contributed by atoms with E-state index in [0.717, 1.165) is 5.39 Å². The van der Waals surface area contributed by atoms with Gasteiger partial charge in [-0.1, -0.05) is 18.2 Å². The zero-order valence-electron chi connectivity index (χ0n) is 9.23. The third-order valence-electron chi connectivity index (χ3n) is 2.46. The Balaban J connectivity index is 2.65. The van der Waals surface area contributed by atoms with Gasteiger partial charge in [0.15, 0.2) is 5.69 Å². The number of carbonyl (C=O) groups excluding carboxylic acids is 1. The van der Waals surface area contributed by atoms with Gasteiger partial charge in [-0.05, 0) is 12.1 Å². The third kappa shape index (κ3) is 2.26. The summed E-state index contributed by atoms with van der Waals surface area (Å²) in [5, 5.41) is 23.2. The van der Waals surface area contributed by atoms with Crippen LogP contribution in [-0.4, -0.2) is 11.1 Å². The van der Waals surface area contributed by atoms with Gasteiger partial charge in [-0.25, -0.2) is 5.21 Å². The van der Waals surface area contributed by atoms with E-state index in [2.05, 4.69) is 5.32 Å². The predicted molar refractivity (Wildman–Crippen MR) is 64.0 cm³/mol. The van der Waals surface area contributed by atoms with Crippen molar-refractivity contribution < 1.29 is 15.2 Å². The maximum atomic E-state index is 11.1. The smallest absolute Gasteiger partial charge is 0.221 e. The topological polar surface area (TPSA) is 76.8 Å². The van der Waals surface area contributed by atoms with Crippen LogP contribution in [0.2, 0.25) is 0 Å². The van der Waals surface area contributed by atoms with E-state index >= 15 is 0 Å². The van der Waals surface area contributed by atoms with E-state index in [1.165, 1.54) is 6.92 Å². The van der Waals surface area contributed by atoms with Crippen LogP contribution in [0.4, 0.5) is 11.4 Å². The normalized spacial score (nSPS) is 12.4. The summed E-state index contributed by atoms with van der Waals surface area (Å²) < 4.78 is 0. The standard InChI is InChI=1S/C12H12N2O3/c1-8(15)13-11-6-2-5-10-9(11)4-3-7-12(10)14(16)17/h2-7,14,16H,1H3,(H,13,15). The maximum absolute atomic E-state index is 11.1. The van der Waals surface area contributed by atoms with Gasteiger partial charge in [0.1, 0.15) is 0 Å². The molecule has 2 aromatic rings. The van der Waals surface area contributed by atoms with Crippen LogP contribution in [0.5, 0.6) is 0 Å². The highest BCUT2D eigenvalue weighted by atomic mass is 16.8. The molecule has 2 rings (SSSR count). The SMILES string of the molecule is CC(=O)Nc1cccc2c([NH+]([O-])O)cccc12. The number of anilines is 1. The average molecular weight is 232 g/mol. The monoisotopic (exact) mass is 232 g/mol. The fourth-order valence-corrected chi connectivity index (χ4v) is 1.80. The van der Waals surface area contributed by atoms with E-state index in [9.17, 15) is 10.0 Å². The van der Waals surface area contributed by atoms with Crippen molar-refractivity contribution in [3.05, 3.63) is 41.6 Å². The summed E-state index contributed by atoms with van der Waals surface area (Å²) in [6, 6.07) is 10.2. The molecule has 0 bridgehead atoms. The number of rotatable bonds is 2. The minimum Gasteiger partial charge on any atom is -0.595 e. The van der Waals surface area contributed by atoms with Gasteiger partial charge < -0.3 is 10.5 Å². The molecule has 1 atom stereocenters. The fourth-order valence-electron chi connectivity index (χ4n) is 1.80. The Morgan fingerprint density at radius 3 is 2.53 bits per heavy atom. The third-order valence-corrected chi connectivity index (χ3v) is 2.46. The quantitative estimate of drug-likeness (QED) is 0.681. The van der Waals surface area contributed by atoms with Crippen LogP contribution in [0.3, 0.4) is 0 Å². The van der Waals surface area contributed by atoms with E-state index in [0.29, 0.717) is 11.1 Å². The number of hydrogen-bond acceptors (Lipinski definition) is 3. The first-order valence-electron chi connectivity index (χ1n) is 5.12. The molecule has 88 valence electrons. The lowest BCUT2D eigenvalue weighted by atomic mass is 10.1. The summed E-state index contributed by atoms with van der Waals surface area (Å²) in [4.78, 5) is 11.0. The van der Waals surface area contributed by atoms with Gasteiger partial charge in [-0.2, -0.15) is 5.23 Å². The molecule has 1 unspecified atom stereocenters. The molecule has 0 aromatic heterocycles. The summed E-state index contributed by atoms with van der Waals surface area (Å²) in [6.45, 7) is 1.42. The van der Waals surface area contributed by atoms with Gasteiger partial charge in [0.25, 0.3) is 0 Å². The summed E-state index contributed by atoms with van der Waals surface area (Å²) in [5.74, 6) is -0.182. The van der Waals surface area contributed by atoms with Crippen LogP contribution in [-0.2, 0) is 4.79 Å². The highest BCUT2D eigenvalue weighted by Crippen LogP contribution is 2.27. The minimum absolute atomic E-state index is 0.182. The highest BCUT2D eigenvalue weighted by molar-refractivity contribution is 6.04. The number of quaternary nitrogens is 1. The molecule has 3 N–H and O–H groups in total. The second-order valence-corrected chi connectivity index (χ2v) is 3.69. The number of amides is 1. The molecule has 2 aromatic carbocycles. The van der Waals surface area contributed by atoms with Crippen LogP contribution in [0.15, 0.2) is 36.4 Å². The zero-order chi connectivity index (χ0) is 12.4. The van der Waals surface area contributed by atoms with Gasteiger partial charge in [0, 0.05) is 29.4 Å². The molecule has 17 heavy (non-hydrogen) atoms. The molecule has 0 fully saturated rings. The average Bonchev–Trinajstić information content (AvgIpc) is 2.28. The predicted octanol–water partition coefficient (Wildman–Crippen LogP) is 1.20. The Labute approximate surface area is 97.8 Å². The zero-order valence-corrected chi connectivity index (χ0v) is 9.23. The second-order valence-electron chi connectivity index (χ2n) is 3.69. The molecule has 0 saturated carbocycles. The van der Waals surface area contributed by atoms with Crippen LogP contribution >= 0.6 is 0 Å². The molecule has 0 saturated heterocycles. The molecule has 5 nitrogen and oxygen atoms in total. The van der Waals surface area contributed by atoms with E-state index in [1.807, 2.05) is 0 Å². The number of benzene rings is 2. The molecule has 0 aliphatic heterocycles. The molecular formula is C12H12N2O3. The number of hydrogen-bond donors (Lipinski definition) is 3. The number of nitrogens with one attached hydrogen (secondary N) is 2. The van der Waals surface area contributed by atoms with Crippen molar-refractivity contribution in [3.8, 4) is 0 Å². The summed E-state index contributed by atoms with van der Waals surface area (Å²) in [6.07, 6.45) is 0.